The van der Waals surface area contributed by atoms with E-state index in [9.17, 15) is 13.2 Å². The maximum absolute atomic E-state index is 12.4. The maximum Gasteiger partial charge on any atom is 0.240 e. The van der Waals surface area contributed by atoms with Crippen LogP contribution in [0.3, 0.4) is 0 Å². The minimum atomic E-state index is -3.56. The van der Waals surface area contributed by atoms with Crippen LogP contribution < -0.4 is 15.4 Å². The summed E-state index contributed by atoms with van der Waals surface area (Å²) < 4.78 is 38.2. The number of benzene rings is 1. The molecular formula is C18H28ClN3O5S. The van der Waals surface area contributed by atoms with Crippen molar-refractivity contribution in [1.82, 2.24) is 15.4 Å². The van der Waals surface area contributed by atoms with Crippen molar-refractivity contribution >= 4 is 28.3 Å². The van der Waals surface area contributed by atoms with Gasteiger partial charge in [0, 0.05) is 26.2 Å². The molecule has 0 spiro atoms. The van der Waals surface area contributed by atoms with E-state index in [0.717, 1.165) is 18.4 Å². The zero-order valence-electron chi connectivity index (χ0n) is 15.8. The van der Waals surface area contributed by atoms with Gasteiger partial charge in [0.1, 0.15) is 6.04 Å². The fraction of sp³-hybridized carbons (Fsp3) is 0.611. The molecule has 0 aliphatic carbocycles. The third-order valence-electron chi connectivity index (χ3n) is 4.82. The molecule has 28 heavy (non-hydrogen) atoms. The number of nitrogens with one attached hydrogen (secondary N) is 3. The first-order valence-corrected chi connectivity index (χ1v) is 10.8. The van der Waals surface area contributed by atoms with Crippen LogP contribution in [-0.2, 0) is 30.8 Å². The molecular weight excluding hydrogens is 406 g/mol. The van der Waals surface area contributed by atoms with Crippen molar-refractivity contribution in [2.75, 3.05) is 26.3 Å². The molecule has 2 saturated heterocycles. The smallest absolute Gasteiger partial charge is 0.240 e. The van der Waals surface area contributed by atoms with Crippen LogP contribution in [0.15, 0.2) is 29.2 Å². The van der Waals surface area contributed by atoms with Crippen molar-refractivity contribution in [3.8, 4) is 0 Å². The molecule has 0 saturated carbocycles. The number of hydrogen-bond acceptors (Lipinski definition) is 6. The van der Waals surface area contributed by atoms with Gasteiger partial charge in [-0.15, -0.1) is 12.4 Å². The van der Waals surface area contributed by atoms with Crippen LogP contribution in [0, 0.1) is 0 Å². The van der Waals surface area contributed by atoms with E-state index in [1.165, 1.54) is 0 Å². The normalized spacial score (nSPS) is 25.1. The van der Waals surface area contributed by atoms with E-state index < -0.39 is 10.0 Å². The topological polar surface area (TPSA) is 106 Å². The second-order valence-electron chi connectivity index (χ2n) is 6.86. The lowest BCUT2D eigenvalue weighted by atomic mass is 10.1. The Morgan fingerprint density at radius 2 is 1.96 bits per heavy atom. The Kier molecular flexibility index (Phi) is 8.66. The zero-order valence-corrected chi connectivity index (χ0v) is 17.5. The van der Waals surface area contributed by atoms with Crippen molar-refractivity contribution in [3.63, 3.8) is 0 Å². The number of morpholine rings is 1. The molecule has 0 radical (unpaired) electrons. The van der Waals surface area contributed by atoms with Crippen molar-refractivity contribution < 1.29 is 22.7 Å². The lowest BCUT2D eigenvalue weighted by Crippen LogP contribution is -2.55. The molecule has 158 valence electrons. The molecule has 2 heterocycles. The summed E-state index contributed by atoms with van der Waals surface area (Å²) in [7, 11) is -3.56. The highest BCUT2D eigenvalue weighted by Crippen LogP contribution is 2.14. The highest BCUT2D eigenvalue weighted by molar-refractivity contribution is 7.89. The SMILES string of the molecule is C[C@H]1OCCN[C@@H]1C(=O)NCc1ccc(S(=O)(=O)NCC2CCCO2)cc1.Cl. The first-order chi connectivity index (χ1) is 13.0. The maximum atomic E-state index is 12.4. The molecule has 3 N–H and O–H groups in total. The van der Waals surface area contributed by atoms with Crippen LogP contribution in [0.4, 0.5) is 0 Å². The number of rotatable bonds is 7. The molecule has 10 heteroatoms. The van der Waals surface area contributed by atoms with E-state index >= 15 is 0 Å². The van der Waals surface area contributed by atoms with Crippen molar-refractivity contribution in [2.45, 2.75) is 49.5 Å². The molecule has 8 nitrogen and oxygen atoms in total. The van der Waals surface area contributed by atoms with Gasteiger partial charge in [-0.2, -0.15) is 0 Å². The lowest BCUT2D eigenvalue weighted by Gasteiger charge is -2.29. The summed E-state index contributed by atoms with van der Waals surface area (Å²) in [5, 5.41) is 5.99. The predicted octanol–water partition coefficient (Wildman–Crippen LogP) is 0.559. The van der Waals surface area contributed by atoms with Crippen LogP contribution in [0.1, 0.15) is 25.3 Å². The molecule has 1 unspecified atom stereocenters. The minimum Gasteiger partial charge on any atom is -0.377 e. The third kappa shape index (κ3) is 6.13. The molecule has 0 bridgehead atoms. The summed E-state index contributed by atoms with van der Waals surface area (Å²) in [6.07, 6.45) is 1.62. The molecule has 2 fully saturated rings. The van der Waals surface area contributed by atoms with Crippen molar-refractivity contribution in [1.29, 1.82) is 0 Å². The van der Waals surface area contributed by atoms with Gasteiger partial charge < -0.3 is 20.1 Å². The van der Waals surface area contributed by atoms with Crippen LogP contribution in [0.25, 0.3) is 0 Å². The summed E-state index contributed by atoms with van der Waals surface area (Å²) in [4.78, 5) is 12.4. The first-order valence-electron chi connectivity index (χ1n) is 9.28. The second kappa shape index (κ2) is 10.5. The number of amides is 1. The van der Waals surface area contributed by atoms with Crippen LogP contribution >= 0.6 is 12.4 Å². The molecule has 2 aliphatic rings. The van der Waals surface area contributed by atoms with Crippen molar-refractivity contribution in [3.05, 3.63) is 29.8 Å². The van der Waals surface area contributed by atoms with Gasteiger partial charge in [-0.3, -0.25) is 4.79 Å². The highest BCUT2D eigenvalue weighted by atomic mass is 35.5. The largest absolute Gasteiger partial charge is 0.377 e. The monoisotopic (exact) mass is 433 g/mol. The Hall–Kier alpha value is -1.23. The van der Waals surface area contributed by atoms with Gasteiger partial charge in [0.05, 0.1) is 23.7 Å². The number of carbonyl (C=O) groups excluding carboxylic acids is 1. The summed E-state index contributed by atoms with van der Waals surface area (Å²) in [5.41, 5.74) is 0.825. The number of ether oxygens (including phenoxy) is 2. The molecule has 3 atom stereocenters. The van der Waals surface area contributed by atoms with Crippen LogP contribution in [-0.4, -0.2) is 58.9 Å². The van der Waals surface area contributed by atoms with E-state index in [-0.39, 0.29) is 48.0 Å². The standard InChI is InChI=1S/C18H27N3O5S.ClH/c1-13-17(19-8-10-25-13)18(22)20-11-14-4-6-16(7-5-14)27(23,24)21-12-15-3-2-9-26-15;/h4-7,13,15,17,19,21H,2-3,8-12H2,1H3,(H,20,22);1H/t13-,15?,17+;/m1./s1. The van der Waals surface area contributed by atoms with Crippen LogP contribution in [0.2, 0.25) is 0 Å². The van der Waals surface area contributed by atoms with E-state index in [1.807, 2.05) is 6.92 Å². The van der Waals surface area contributed by atoms with Gasteiger partial charge in [-0.25, -0.2) is 13.1 Å². The summed E-state index contributed by atoms with van der Waals surface area (Å²) in [5.74, 6) is -0.128. The molecule has 2 aliphatic heterocycles. The fourth-order valence-corrected chi connectivity index (χ4v) is 4.27. The summed E-state index contributed by atoms with van der Waals surface area (Å²) in [6.45, 7) is 4.41. The van der Waals surface area contributed by atoms with Gasteiger partial charge in [0.25, 0.3) is 0 Å². The van der Waals surface area contributed by atoms with Gasteiger partial charge in [0.15, 0.2) is 0 Å². The molecule has 1 amide bonds. The average molecular weight is 434 g/mol. The Bertz CT molecular complexity index is 738. The number of halogens is 1. The number of hydrogen-bond donors (Lipinski definition) is 3. The number of carbonyl (C=O) groups is 1. The van der Waals surface area contributed by atoms with E-state index in [0.29, 0.717) is 26.3 Å². The Balaban J connectivity index is 0.00000280. The van der Waals surface area contributed by atoms with Crippen molar-refractivity contribution in [2.24, 2.45) is 0 Å². The predicted molar refractivity (Wildman–Crippen MR) is 107 cm³/mol. The minimum absolute atomic E-state index is 0. The third-order valence-corrected chi connectivity index (χ3v) is 6.26. The quantitative estimate of drug-likeness (QED) is 0.580. The Morgan fingerprint density at radius 1 is 1.21 bits per heavy atom. The van der Waals surface area contributed by atoms with E-state index in [2.05, 4.69) is 15.4 Å². The molecule has 0 aromatic heterocycles. The van der Waals surface area contributed by atoms with E-state index in [4.69, 9.17) is 9.47 Å². The van der Waals surface area contributed by atoms with Gasteiger partial charge in [-0.05, 0) is 37.5 Å². The molecule has 3 rings (SSSR count). The summed E-state index contributed by atoms with van der Waals surface area (Å²) in [6, 6.07) is 6.12. The zero-order chi connectivity index (χ0) is 19.3. The first kappa shape index (κ1) is 23.1. The fourth-order valence-electron chi connectivity index (χ4n) is 3.20. The van der Waals surface area contributed by atoms with Gasteiger partial charge in [0.2, 0.25) is 15.9 Å². The van der Waals surface area contributed by atoms with Gasteiger partial charge >= 0.3 is 0 Å². The molecule has 1 aromatic carbocycles. The summed E-state index contributed by atoms with van der Waals surface area (Å²) >= 11 is 0. The van der Waals surface area contributed by atoms with E-state index in [1.54, 1.807) is 24.3 Å². The molecule has 1 aromatic rings. The van der Waals surface area contributed by atoms with Gasteiger partial charge in [-0.1, -0.05) is 12.1 Å². The Labute approximate surface area is 172 Å². The highest BCUT2D eigenvalue weighted by Gasteiger charge is 2.28. The second-order valence-corrected chi connectivity index (χ2v) is 8.62. The van der Waals surface area contributed by atoms with Crippen LogP contribution in [0.5, 0.6) is 0 Å². The Morgan fingerprint density at radius 3 is 2.61 bits per heavy atom. The average Bonchev–Trinajstić information content (AvgIpc) is 3.19. The lowest BCUT2D eigenvalue weighted by molar-refractivity contribution is -0.129. The number of sulfonamides is 1.